The third-order valence-electron chi connectivity index (χ3n) is 3.48. The fourth-order valence-corrected chi connectivity index (χ4v) is 2.60. The van der Waals surface area contributed by atoms with Crippen LogP contribution < -0.4 is 10.6 Å². The van der Waals surface area contributed by atoms with E-state index in [4.69, 9.17) is 5.73 Å². The molecule has 0 radical (unpaired) electrons. The minimum atomic E-state index is 0.239. The third-order valence-corrected chi connectivity index (χ3v) is 3.48. The zero-order valence-electron chi connectivity index (χ0n) is 11.3. The van der Waals surface area contributed by atoms with Crippen LogP contribution in [0, 0.1) is 13.8 Å². The van der Waals surface area contributed by atoms with Crippen LogP contribution in [-0.2, 0) is 0 Å². The predicted molar refractivity (Wildman–Crippen MR) is 76.1 cm³/mol. The summed E-state index contributed by atoms with van der Waals surface area (Å²) in [7, 11) is 0. The number of H-pyrrole nitrogens is 1. The SMILES string of the molecule is Cc1cc(C)cc(-c2nc(N3CCC(N)C3)n[nH]2)c1. The van der Waals surface area contributed by atoms with E-state index in [9.17, 15) is 0 Å². The first-order valence-corrected chi connectivity index (χ1v) is 6.63. The van der Waals surface area contributed by atoms with E-state index < -0.39 is 0 Å². The quantitative estimate of drug-likeness (QED) is 0.857. The molecule has 5 nitrogen and oxygen atoms in total. The molecule has 2 heterocycles. The van der Waals surface area contributed by atoms with Crippen LogP contribution >= 0.6 is 0 Å². The molecule has 5 heteroatoms. The molecule has 1 aromatic heterocycles. The number of hydrogen-bond acceptors (Lipinski definition) is 4. The van der Waals surface area contributed by atoms with Crippen LogP contribution in [0.1, 0.15) is 17.5 Å². The van der Waals surface area contributed by atoms with Gasteiger partial charge in [-0.05, 0) is 32.4 Å². The normalized spacial score (nSPS) is 19.1. The monoisotopic (exact) mass is 257 g/mol. The van der Waals surface area contributed by atoms with Crippen molar-refractivity contribution in [2.24, 2.45) is 5.73 Å². The molecule has 1 saturated heterocycles. The van der Waals surface area contributed by atoms with Gasteiger partial charge in [0.25, 0.3) is 0 Å². The van der Waals surface area contributed by atoms with Gasteiger partial charge in [-0.3, -0.25) is 5.10 Å². The number of benzene rings is 1. The number of nitrogens with one attached hydrogen (secondary N) is 1. The number of hydrogen-bond donors (Lipinski definition) is 2. The van der Waals surface area contributed by atoms with Crippen LogP contribution in [0.15, 0.2) is 18.2 Å². The Hall–Kier alpha value is -1.88. The van der Waals surface area contributed by atoms with Gasteiger partial charge in [-0.25, -0.2) is 0 Å². The van der Waals surface area contributed by atoms with Crippen molar-refractivity contribution in [3.05, 3.63) is 29.3 Å². The molecule has 19 heavy (non-hydrogen) atoms. The molecule has 0 amide bonds. The summed E-state index contributed by atoms with van der Waals surface area (Å²) in [5, 5.41) is 7.33. The molecule has 1 aliphatic heterocycles. The molecule has 100 valence electrons. The smallest absolute Gasteiger partial charge is 0.245 e. The Morgan fingerprint density at radius 3 is 2.63 bits per heavy atom. The van der Waals surface area contributed by atoms with E-state index in [2.05, 4.69) is 52.1 Å². The molecule has 1 fully saturated rings. The average molecular weight is 257 g/mol. The van der Waals surface area contributed by atoms with Crippen molar-refractivity contribution in [3.8, 4) is 11.4 Å². The second-order valence-electron chi connectivity index (χ2n) is 5.36. The molecule has 0 bridgehead atoms. The summed E-state index contributed by atoms with van der Waals surface area (Å²) in [5.41, 5.74) is 9.46. The van der Waals surface area contributed by atoms with E-state index in [0.717, 1.165) is 36.8 Å². The average Bonchev–Trinajstić information content (AvgIpc) is 2.95. The van der Waals surface area contributed by atoms with Crippen LogP contribution in [0.4, 0.5) is 5.95 Å². The molecule has 1 aromatic carbocycles. The van der Waals surface area contributed by atoms with Crippen LogP contribution in [0.3, 0.4) is 0 Å². The maximum Gasteiger partial charge on any atom is 0.245 e. The van der Waals surface area contributed by atoms with Gasteiger partial charge < -0.3 is 10.6 Å². The number of nitrogens with two attached hydrogens (primary N) is 1. The first-order chi connectivity index (χ1) is 9.11. The molecular weight excluding hydrogens is 238 g/mol. The number of anilines is 1. The van der Waals surface area contributed by atoms with E-state index >= 15 is 0 Å². The number of aryl methyl sites for hydroxylation is 2. The highest BCUT2D eigenvalue weighted by Crippen LogP contribution is 2.22. The molecule has 1 unspecified atom stereocenters. The molecule has 1 atom stereocenters. The number of rotatable bonds is 2. The predicted octanol–water partition coefficient (Wildman–Crippen LogP) is 1.63. The highest BCUT2D eigenvalue weighted by Gasteiger charge is 2.22. The fourth-order valence-electron chi connectivity index (χ4n) is 2.60. The lowest BCUT2D eigenvalue weighted by atomic mass is 10.1. The standard InChI is InChI=1S/C14H19N5/c1-9-5-10(2)7-11(6-9)13-16-14(18-17-13)19-4-3-12(15)8-19/h5-7,12H,3-4,8,15H2,1-2H3,(H,16,17,18). The van der Waals surface area contributed by atoms with Crippen molar-refractivity contribution in [3.63, 3.8) is 0 Å². The minimum Gasteiger partial charge on any atom is -0.338 e. The lowest BCUT2D eigenvalue weighted by Gasteiger charge is -2.11. The molecule has 3 N–H and O–H groups in total. The van der Waals surface area contributed by atoms with Crippen LogP contribution in [-0.4, -0.2) is 34.3 Å². The summed E-state index contributed by atoms with van der Waals surface area (Å²) in [4.78, 5) is 6.72. The van der Waals surface area contributed by atoms with Gasteiger partial charge in [0, 0.05) is 24.7 Å². The van der Waals surface area contributed by atoms with Gasteiger partial charge in [0.2, 0.25) is 5.95 Å². The molecular formula is C14H19N5. The van der Waals surface area contributed by atoms with Gasteiger partial charge in [0.15, 0.2) is 5.82 Å². The van der Waals surface area contributed by atoms with Crippen molar-refractivity contribution < 1.29 is 0 Å². The minimum absolute atomic E-state index is 0.239. The molecule has 0 saturated carbocycles. The Labute approximate surface area is 112 Å². The van der Waals surface area contributed by atoms with Crippen molar-refractivity contribution in [2.75, 3.05) is 18.0 Å². The summed E-state index contributed by atoms with van der Waals surface area (Å²) < 4.78 is 0. The Bertz CT molecular complexity index is 569. The Morgan fingerprint density at radius 2 is 2.00 bits per heavy atom. The summed E-state index contributed by atoms with van der Waals surface area (Å²) in [5.74, 6) is 1.57. The highest BCUT2D eigenvalue weighted by atomic mass is 15.4. The molecule has 1 aliphatic rings. The Morgan fingerprint density at radius 1 is 1.26 bits per heavy atom. The number of aromatic nitrogens is 3. The molecule has 0 spiro atoms. The molecule has 3 rings (SSSR count). The maximum atomic E-state index is 5.91. The Balaban J connectivity index is 1.88. The van der Waals surface area contributed by atoms with Gasteiger partial charge >= 0.3 is 0 Å². The number of aromatic amines is 1. The first-order valence-electron chi connectivity index (χ1n) is 6.63. The van der Waals surface area contributed by atoms with E-state index in [1.807, 2.05) is 0 Å². The van der Waals surface area contributed by atoms with Crippen molar-refractivity contribution in [2.45, 2.75) is 26.3 Å². The fraction of sp³-hybridized carbons (Fsp3) is 0.429. The second kappa shape index (κ2) is 4.66. The van der Waals surface area contributed by atoms with Gasteiger partial charge in [-0.1, -0.05) is 17.2 Å². The lowest BCUT2D eigenvalue weighted by molar-refractivity contribution is 0.750. The first kappa shape index (κ1) is 12.2. The zero-order chi connectivity index (χ0) is 13.4. The van der Waals surface area contributed by atoms with Crippen LogP contribution in [0.25, 0.3) is 11.4 Å². The molecule has 2 aromatic rings. The van der Waals surface area contributed by atoms with Crippen LogP contribution in [0.2, 0.25) is 0 Å². The van der Waals surface area contributed by atoms with Crippen molar-refractivity contribution in [1.82, 2.24) is 15.2 Å². The highest BCUT2D eigenvalue weighted by molar-refractivity contribution is 5.58. The third kappa shape index (κ3) is 2.46. The van der Waals surface area contributed by atoms with E-state index in [1.54, 1.807) is 0 Å². The topological polar surface area (TPSA) is 70.8 Å². The van der Waals surface area contributed by atoms with Crippen molar-refractivity contribution in [1.29, 1.82) is 0 Å². The van der Waals surface area contributed by atoms with Crippen LogP contribution in [0.5, 0.6) is 0 Å². The van der Waals surface area contributed by atoms with Gasteiger partial charge in [-0.2, -0.15) is 4.98 Å². The Kier molecular flexibility index (Phi) is 2.98. The summed E-state index contributed by atoms with van der Waals surface area (Å²) >= 11 is 0. The van der Waals surface area contributed by atoms with Crippen molar-refractivity contribution >= 4 is 5.95 Å². The van der Waals surface area contributed by atoms with E-state index in [1.165, 1.54) is 11.1 Å². The zero-order valence-corrected chi connectivity index (χ0v) is 11.3. The maximum absolute atomic E-state index is 5.91. The van der Waals surface area contributed by atoms with Gasteiger partial charge in [0.1, 0.15) is 0 Å². The second-order valence-corrected chi connectivity index (χ2v) is 5.36. The summed E-state index contributed by atoms with van der Waals surface area (Å²) in [6, 6.07) is 6.63. The number of nitrogens with zero attached hydrogens (tertiary/aromatic N) is 3. The lowest BCUT2D eigenvalue weighted by Crippen LogP contribution is -2.26. The molecule has 0 aliphatic carbocycles. The summed E-state index contributed by atoms with van der Waals surface area (Å²) in [6.07, 6.45) is 1.01. The van der Waals surface area contributed by atoms with E-state index in [-0.39, 0.29) is 6.04 Å². The largest absolute Gasteiger partial charge is 0.338 e. The summed E-state index contributed by atoms with van der Waals surface area (Å²) in [6.45, 7) is 5.95. The van der Waals surface area contributed by atoms with Gasteiger partial charge in [-0.15, -0.1) is 5.10 Å². The van der Waals surface area contributed by atoms with E-state index in [0.29, 0.717) is 0 Å². The van der Waals surface area contributed by atoms with Gasteiger partial charge in [0.05, 0.1) is 0 Å².